The van der Waals surface area contributed by atoms with Gasteiger partial charge < -0.3 is 31.6 Å². The van der Waals surface area contributed by atoms with Crippen molar-refractivity contribution in [2.45, 2.75) is 25.7 Å². The molecule has 0 radical (unpaired) electrons. The number of alkyl halides is 2. The van der Waals surface area contributed by atoms with Crippen molar-refractivity contribution >= 4 is 45.6 Å². The topological polar surface area (TPSA) is 119 Å². The largest absolute Gasteiger partial charge is 1.00 e. The average Bonchev–Trinajstić information content (AvgIpc) is 3.72. The second-order valence-corrected chi connectivity index (χ2v) is 8.26. The zero-order valence-corrected chi connectivity index (χ0v) is 29.0. The summed E-state index contributed by atoms with van der Waals surface area (Å²) in [6, 6.07) is 8.73. The number of phenolic OH excluding ortho intramolecular Hbond substituents is 3. The first-order valence-corrected chi connectivity index (χ1v) is 11.5. The fourth-order valence-electron chi connectivity index (χ4n) is 1.87. The van der Waals surface area contributed by atoms with Crippen molar-refractivity contribution in [3.8, 4) is 23.0 Å². The Morgan fingerprint density at radius 1 is 1.09 bits per heavy atom. The molecule has 2 aromatic rings. The summed E-state index contributed by atoms with van der Waals surface area (Å²) in [4.78, 5) is 11.2. The van der Waals surface area contributed by atoms with Gasteiger partial charge in [0.05, 0.1) is 25.2 Å². The SMILES string of the molecule is BrCC1CC1.O=CO[O-].Oc1ccc(O)c(Cl)c1.Oc1ccc(OCC2CC2)c(Cl)c1.[2H]CF.[H-].[K+].[K+]. The number of ether oxygens (including phenoxy) is 1. The summed E-state index contributed by atoms with van der Waals surface area (Å²) in [7, 11) is -1.00. The summed E-state index contributed by atoms with van der Waals surface area (Å²) in [5.74, 6) is 2.63. The van der Waals surface area contributed by atoms with Crippen molar-refractivity contribution in [3.63, 3.8) is 0 Å². The van der Waals surface area contributed by atoms with Gasteiger partial charge in [-0.05, 0) is 61.8 Å². The van der Waals surface area contributed by atoms with E-state index in [9.17, 15) is 4.39 Å². The van der Waals surface area contributed by atoms with Crippen LogP contribution in [0.5, 0.6) is 23.0 Å². The van der Waals surface area contributed by atoms with E-state index in [-0.39, 0.29) is 133 Å². The summed E-state index contributed by atoms with van der Waals surface area (Å²) in [6.07, 6.45) is 5.45. The molecule has 2 saturated carbocycles. The number of phenols is 3. The first-order valence-electron chi connectivity index (χ1n) is 10.3. The van der Waals surface area contributed by atoms with E-state index in [4.69, 9.17) is 54.7 Å². The van der Waals surface area contributed by atoms with Gasteiger partial charge >= 0.3 is 103 Å². The molecular formula is C22H28BrCl2FK2O7. The Morgan fingerprint density at radius 2 is 1.54 bits per heavy atom. The quantitative estimate of drug-likeness (QED) is 0.0997. The van der Waals surface area contributed by atoms with Gasteiger partial charge in [0.15, 0.2) is 0 Å². The molecule has 0 unspecified atom stereocenters. The summed E-state index contributed by atoms with van der Waals surface area (Å²) < 4.78 is 21.0. The average molecular weight is 653 g/mol. The Bertz CT molecular complexity index is 844. The molecule has 0 atom stereocenters. The van der Waals surface area contributed by atoms with Gasteiger partial charge in [-0.25, -0.2) is 0 Å². The van der Waals surface area contributed by atoms with Gasteiger partial charge in [0, 0.05) is 17.5 Å². The van der Waals surface area contributed by atoms with Gasteiger partial charge in [0.2, 0.25) is 0 Å². The third-order valence-electron chi connectivity index (χ3n) is 3.97. The first kappa shape index (κ1) is 38.5. The Kier molecular flexibility index (Phi) is 28.1. The third-order valence-corrected chi connectivity index (χ3v) is 5.49. The molecule has 7 nitrogen and oxygen atoms in total. The summed E-state index contributed by atoms with van der Waals surface area (Å²) in [5, 5.41) is 36.9. The third kappa shape index (κ3) is 23.0. The molecule has 3 N–H and O–H groups in total. The predicted molar refractivity (Wildman–Crippen MR) is 128 cm³/mol. The molecule has 0 spiro atoms. The van der Waals surface area contributed by atoms with Gasteiger partial charge in [0.1, 0.15) is 23.0 Å². The maximum atomic E-state index is 9.96. The van der Waals surface area contributed by atoms with E-state index in [1.54, 1.807) is 12.1 Å². The number of hydrogen-bond donors (Lipinski definition) is 3. The molecular weight excluding hydrogens is 624 g/mol. The number of benzene rings is 2. The molecule has 35 heavy (non-hydrogen) atoms. The van der Waals surface area contributed by atoms with Crippen molar-refractivity contribution in [3.05, 3.63) is 46.4 Å². The van der Waals surface area contributed by atoms with Crippen molar-refractivity contribution in [2.24, 2.45) is 11.8 Å². The Morgan fingerprint density at radius 3 is 1.86 bits per heavy atom. The van der Waals surface area contributed by atoms with Crippen LogP contribution in [0.15, 0.2) is 36.4 Å². The smallest absolute Gasteiger partial charge is 1.00 e. The zero-order chi connectivity index (χ0) is 25.9. The standard InChI is InChI=1S/C10H11ClO2.C6H5ClO2.C4H7Br.CH3F.CH2O3.2K.H/c11-9-5-8(12)3-4-10(9)13-6-7-1-2-7;7-5-3-4(8)1-2-6(5)9;5-3-4-1-2-4;1-2;2-1-4-3;;;/h3-5,7,12H,1-2,6H2;1-3,8-9H;4H,1-3H2;1H3;1,3H;;;/q;;;;;2*+1;-1/p-1/i;;;1D;;;;. The van der Waals surface area contributed by atoms with Crippen molar-refractivity contribution in [1.29, 1.82) is 0 Å². The van der Waals surface area contributed by atoms with Crippen LogP contribution in [0.4, 0.5) is 4.39 Å². The van der Waals surface area contributed by atoms with Crippen molar-refractivity contribution in [1.82, 2.24) is 0 Å². The van der Waals surface area contributed by atoms with Crippen LogP contribution in [-0.4, -0.2) is 40.9 Å². The van der Waals surface area contributed by atoms with Crippen LogP contribution in [0.25, 0.3) is 0 Å². The minimum atomic E-state index is -1.00. The van der Waals surface area contributed by atoms with E-state index in [0.29, 0.717) is 16.7 Å². The van der Waals surface area contributed by atoms with Gasteiger partial charge in [-0.2, -0.15) is 0 Å². The first-order chi connectivity index (χ1) is 16.2. The Hall–Kier alpha value is 1.33. The second kappa shape index (κ2) is 25.6. The number of carbonyl (C=O) groups excluding carboxylic acids is 1. The maximum absolute atomic E-state index is 9.96. The normalized spacial score (nSPS) is 12.8. The second-order valence-electron chi connectivity index (χ2n) is 6.79. The van der Waals surface area contributed by atoms with Crippen LogP contribution in [0, 0.1) is 11.8 Å². The van der Waals surface area contributed by atoms with Gasteiger partial charge in [-0.1, -0.05) is 39.1 Å². The van der Waals surface area contributed by atoms with Crippen LogP contribution >= 0.6 is 39.1 Å². The molecule has 0 heterocycles. The molecule has 188 valence electrons. The molecule has 0 bridgehead atoms. The molecule has 0 amide bonds. The Balaban J connectivity index is -0.000000200. The Labute approximate surface area is 311 Å². The molecule has 2 fully saturated rings. The number of hydrogen-bond acceptors (Lipinski definition) is 7. The summed E-state index contributed by atoms with van der Waals surface area (Å²) in [6.45, 7) is 0.560. The molecule has 0 aromatic heterocycles. The minimum absolute atomic E-state index is 0. The van der Waals surface area contributed by atoms with Crippen LogP contribution in [0.1, 0.15) is 28.5 Å². The van der Waals surface area contributed by atoms with E-state index >= 15 is 0 Å². The number of carbonyl (C=O) groups is 1. The fourth-order valence-corrected chi connectivity index (χ4v) is 2.92. The van der Waals surface area contributed by atoms with Crippen LogP contribution in [0.2, 0.25) is 10.0 Å². The van der Waals surface area contributed by atoms with E-state index in [0.717, 1.165) is 12.5 Å². The van der Waals surface area contributed by atoms with Crippen molar-refractivity contribution < 1.29 is 145 Å². The molecule has 0 aliphatic heterocycles. The van der Waals surface area contributed by atoms with Gasteiger partial charge in [-0.15, -0.1) is 0 Å². The number of halogens is 4. The van der Waals surface area contributed by atoms with Crippen molar-refractivity contribution in [2.75, 3.05) is 19.1 Å². The summed E-state index contributed by atoms with van der Waals surface area (Å²) in [5.41, 5.74) is 0. The van der Waals surface area contributed by atoms with E-state index in [1.807, 2.05) is 0 Å². The maximum Gasteiger partial charge on any atom is 1.00 e. The van der Waals surface area contributed by atoms with E-state index < -0.39 is 7.15 Å². The zero-order valence-electron chi connectivity index (χ0n) is 21.6. The molecule has 0 saturated heterocycles. The molecule has 2 aliphatic rings. The number of aromatic hydroxyl groups is 3. The number of rotatable bonds is 5. The molecule has 2 aromatic carbocycles. The van der Waals surface area contributed by atoms with E-state index in [1.165, 1.54) is 55.3 Å². The molecule has 13 heteroatoms. The van der Waals surface area contributed by atoms with Crippen LogP contribution in [-0.2, 0) is 9.68 Å². The van der Waals surface area contributed by atoms with Crippen LogP contribution < -0.4 is 113 Å². The van der Waals surface area contributed by atoms with E-state index in [2.05, 4.69) is 20.8 Å². The summed E-state index contributed by atoms with van der Waals surface area (Å²) >= 11 is 14.6. The predicted octanol–water partition coefficient (Wildman–Crippen LogP) is -0.482. The molecule has 2 aliphatic carbocycles. The van der Waals surface area contributed by atoms with Gasteiger partial charge in [-0.3, -0.25) is 9.18 Å². The monoisotopic (exact) mass is 651 g/mol. The molecule has 4 rings (SSSR count). The minimum Gasteiger partial charge on any atom is -1.00 e. The fraction of sp³-hybridized carbons (Fsp3) is 0.409. The van der Waals surface area contributed by atoms with Gasteiger partial charge in [0.25, 0.3) is 6.47 Å². The van der Waals surface area contributed by atoms with Crippen LogP contribution in [0.3, 0.4) is 0 Å².